The van der Waals surface area contributed by atoms with E-state index < -0.39 is 24.0 Å². The highest BCUT2D eigenvalue weighted by Crippen LogP contribution is 2.44. The molecule has 3 N–H and O–H groups in total. The average Bonchev–Trinajstić information content (AvgIpc) is 2.94. The van der Waals surface area contributed by atoms with Crippen molar-refractivity contribution in [2.45, 2.75) is 63.5 Å². The molecule has 0 spiro atoms. The van der Waals surface area contributed by atoms with Crippen LogP contribution in [0.1, 0.15) is 62.5 Å². The highest BCUT2D eigenvalue weighted by atomic mass is 16.5. The van der Waals surface area contributed by atoms with Crippen LogP contribution in [-0.4, -0.2) is 41.8 Å². The van der Waals surface area contributed by atoms with Crippen molar-refractivity contribution in [2.75, 3.05) is 6.61 Å². The minimum absolute atomic E-state index is 0.0248. The van der Waals surface area contributed by atoms with Crippen molar-refractivity contribution in [1.82, 2.24) is 10.6 Å². The zero-order valence-electron chi connectivity index (χ0n) is 19.5. The van der Waals surface area contributed by atoms with Gasteiger partial charge in [-0.2, -0.15) is 0 Å². The SMILES string of the molecule is C[C@H](CC(=O)O)NC(=O)C1CCCCCC1NC(=O)OCC1c2ccccc2-c2ccccc21. The quantitative estimate of drug-likeness (QED) is 0.525. The number of carboxylic acids is 1. The molecule has 1 fully saturated rings. The van der Waals surface area contributed by atoms with Gasteiger partial charge in [0.1, 0.15) is 6.61 Å². The fraction of sp³-hybridized carbons (Fsp3) is 0.444. The van der Waals surface area contributed by atoms with E-state index in [0.29, 0.717) is 12.8 Å². The van der Waals surface area contributed by atoms with E-state index in [-0.39, 0.29) is 30.9 Å². The molecular weight excluding hydrogens is 432 g/mol. The van der Waals surface area contributed by atoms with Crippen LogP contribution in [0.25, 0.3) is 11.1 Å². The number of carboxylic acid groups (broad SMARTS) is 1. The van der Waals surface area contributed by atoms with Crippen LogP contribution in [0.3, 0.4) is 0 Å². The number of hydrogen-bond donors (Lipinski definition) is 3. The summed E-state index contributed by atoms with van der Waals surface area (Å²) in [6, 6.07) is 15.5. The van der Waals surface area contributed by atoms with Gasteiger partial charge in [0.05, 0.1) is 12.3 Å². The molecule has 2 unspecified atom stereocenters. The van der Waals surface area contributed by atoms with Crippen LogP contribution in [0.15, 0.2) is 48.5 Å². The lowest BCUT2D eigenvalue weighted by Crippen LogP contribution is -2.48. The number of benzene rings is 2. The Bertz CT molecular complexity index is 1010. The van der Waals surface area contributed by atoms with Gasteiger partial charge in [-0.1, -0.05) is 67.8 Å². The maximum absolute atomic E-state index is 12.9. The van der Waals surface area contributed by atoms with Crippen LogP contribution in [0.4, 0.5) is 4.79 Å². The summed E-state index contributed by atoms with van der Waals surface area (Å²) in [6.07, 6.45) is 3.50. The summed E-state index contributed by atoms with van der Waals surface area (Å²) in [5.41, 5.74) is 4.64. The zero-order chi connectivity index (χ0) is 24.1. The van der Waals surface area contributed by atoms with Crippen LogP contribution >= 0.6 is 0 Å². The van der Waals surface area contributed by atoms with Gasteiger partial charge in [-0.15, -0.1) is 0 Å². The third kappa shape index (κ3) is 5.41. The molecule has 34 heavy (non-hydrogen) atoms. The maximum atomic E-state index is 12.9. The van der Waals surface area contributed by atoms with Gasteiger partial charge in [-0.05, 0) is 42.0 Å². The molecule has 7 nitrogen and oxygen atoms in total. The third-order valence-electron chi connectivity index (χ3n) is 6.87. The molecule has 2 aliphatic rings. The molecule has 0 heterocycles. The molecule has 180 valence electrons. The van der Waals surface area contributed by atoms with Crippen LogP contribution in [0, 0.1) is 5.92 Å². The molecule has 0 aliphatic heterocycles. The topological polar surface area (TPSA) is 105 Å². The molecular formula is C27H32N2O5. The lowest BCUT2D eigenvalue weighted by molar-refractivity contribution is -0.137. The molecule has 2 aliphatic carbocycles. The smallest absolute Gasteiger partial charge is 0.407 e. The second-order valence-corrected chi connectivity index (χ2v) is 9.33. The summed E-state index contributed by atoms with van der Waals surface area (Å²) in [5, 5.41) is 14.7. The first-order valence-corrected chi connectivity index (χ1v) is 12.1. The third-order valence-corrected chi connectivity index (χ3v) is 6.87. The number of rotatable bonds is 7. The van der Waals surface area contributed by atoms with Crippen molar-refractivity contribution >= 4 is 18.0 Å². The van der Waals surface area contributed by atoms with Crippen molar-refractivity contribution in [2.24, 2.45) is 5.92 Å². The Kier molecular flexibility index (Phi) is 7.50. The predicted molar refractivity (Wildman–Crippen MR) is 128 cm³/mol. The molecule has 2 amide bonds. The molecule has 2 aromatic rings. The number of ether oxygens (including phenoxy) is 1. The molecule has 4 rings (SSSR count). The molecule has 0 bridgehead atoms. The predicted octanol–water partition coefficient (Wildman–Crippen LogP) is 4.45. The molecule has 7 heteroatoms. The lowest BCUT2D eigenvalue weighted by Gasteiger charge is -2.26. The number of carbonyl (C=O) groups excluding carboxylic acids is 2. The molecule has 0 saturated heterocycles. The van der Waals surface area contributed by atoms with Gasteiger partial charge in [0.25, 0.3) is 0 Å². The molecule has 1 saturated carbocycles. The largest absolute Gasteiger partial charge is 0.481 e. The van der Waals surface area contributed by atoms with Crippen LogP contribution in [-0.2, 0) is 14.3 Å². The summed E-state index contributed by atoms with van der Waals surface area (Å²) in [6.45, 7) is 1.90. The fourth-order valence-corrected chi connectivity index (χ4v) is 5.25. The van der Waals surface area contributed by atoms with Crippen LogP contribution < -0.4 is 10.6 Å². The number of carbonyl (C=O) groups is 3. The van der Waals surface area contributed by atoms with E-state index in [9.17, 15) is 14.4 Å². The number of aliphatic carboxylic acids is 1. The summed E-state index contributed by atoms with van der Waals surface area (Å²) in [4.78, 5) is 36.6. The van der Waals surface area contributed by atoms with E-state index in [0.717, 1.165) is 30.4 Å². The lowest BCUT2D eigenvalue weighted by atomic mass is 9.93. The summed E-state index contributed by atoms with van der Waals surface area (Å²) in [5.74, 6) is -1.59. The monoisotopic (exact) mass is 464 g/mol. The number of amides is 2. The maximum Gasteiger partial charge on any atom is 0.407 e. The Balaban J connectivity index is 1.39. The highest BCUT2D eigenvalue weighted by Gasteiger charge is 2.33. The summed E-state index contributed by atoms with van der Waals surface area (Å²) < 4.78 is 5.69. The Labute approximate surface area is 199 Å². The van der Waals surface area contributed by atoms with Crippen molar-refractivity contribution in [3.63, 3.8) is 0 Å². The van der Waals surface area contributed by atoms with Crippen molar-refractivity contribution in [1.29, 1.82) is 0 Å². The standard InChI is InChI=1S/C27H32N2O5/c1-17(15-25(30)31)28-26(32)22-13-3-2-4-14-24(22)29-27(33)34-16-23-20-11-7-5-9-18(20)19-10-6-8-12-21(19)23/h5-12,17,22-24H,2-4,13-16H2,1H3,(H,28,32)(H,29,33)(H,30,31)/t17-,22?,24?/m1/s1. The summed E-state index contributed by atoms with van der Waals surface area (Å²) >= 11 is 0. The number of fused-ring (bicyclic) bond motifs is 3. The zero-order valence-corrected chi connectivity index (χ0v) is 19.5. The first kappa shape index (κ1) is 23.8. The first-order valence-electron chi connectivity index (χ1n) is 12.1. The Morgan fingerprint density at radius 2 is 1.59 bits per heavy atom. The van der Waals surface area contributed by atoms with Crippen LogP contribution in [0.2, 0.25) is 0 Å². The van der Waals surface area contributed by atoms with E-state index in [2.05, 4.69) is 34.9 Å². The van der Waals surface area contributed by atoms with Gasteiger partial charge in [0, 0.05) is 18.0 Å². The first-order chi connectivity index (χ1) is 16.4. The van der Waals surface area contributed by atoms with Gasteiger partial charge < -0.3 is 20.5 Å². The Morgan fingerprint density at radius 1 is 0.971 bits per heavy atom. The van der Waals surface area contributed by atoms with Crippen LogP contribution in [0.5, 0.6) is 0 Å². The van der Waals surface area contributed by atoms with E-state index in [1.807, 2.05) is 24.3 Å². The summed E-state index contributed by atoms with van der Waals surface area (Å²) in [7, 11) is 0. The minimum Gasteiger partial charge on any atom is -0.481 e. The Morgan fingerprint density at radius 3 is 2.24 bits per heavy atom. The average molecular weight is 465 g/mol. The van der Waals surface area contributed by atoms with Gasteiger partial charge in [-0.3, -0.25) is 9.59 Å². The van der Waals surface area contributed by atoms with E-state index in [1.54, 1.807) is 6.92 Å². The highest BCUT2D eigenvalue weighted by molar-refractivity contribution is 5.82. The van der Waals surface area contributed by atoms with Gasteiger partial charge in [0.15, 0.2) is 0 Å². The molecule has 0 radical (unpaired) electrons. The van der Waals surface area contributed by atoms with Gasteiger partial charge in [-0.25, -0.2) is 4.79 Å². The molecule has 3 atom stereocenters. The fourth-order valence-electron chi connectivity index (χ4n) is 5.25. The number of nitrogens with one attached hydrogen (secondary N) is 2. The normalized spacial score (nSPS) is 20.4. The van der Waals surface area contributed by atoms with E-state index in [4.69, 9.17) is 9.84 Å². The van der Waals surface area contributed by atoms with Crippen molar-refractivity contribution < 1.29 is 24.2 Å². The minimum atomic E-state index is -0.957. The van der Waals surface area contributed by atoms with E-state index in [1.165, 1.54) is 11.1 Å². The van der Waals surface area contributed by atoms with E-state index >= 15 is 0 Å². The second kappa shape index (κ2) is 10.7. The number of hydrogen-bond acceptors (Lipinski definition) is 4. The van der Waals surface area contributed by atoms with Gasteiger partial charge in [0.2, 0.25) is 5.91 Å². The van der Waals surface area contributed by atoms with Crippen molar-refractivity contribution in [3.05, 3.63) is 59.7 Å². The molecule has 0 aromatic heterocycles. The number of alkyl carbamates (subject to hydrolysis) is 1. The second-order valence-electron chi connectivity index (χ2n) is 9.33. The van der Waals surface area contributed by atoms with Crippen molar-refractivity contribution in [3.8, 4) is 11.1 Å². The van der Waals surface area contributed by atoms with Gasteiger partial charge >= 0.3 is 12.1 Å². The Hall–Kier alpha value is -3.35. The molecule has 2 aromatic carbocycles.